The number of anilines is 2. The van der Waals surface area contributed by atoms with Gasteiger partial charge < -0.3 is 19.5 Å². The van der Waals surface area contributed by atoms with E-state index in [0.29, 0.717) is 28.8 Å². The zero-order valence-electron chi connectivity index (χ0n) is 19.4. The average Bonchev–Trinajstić information content (AvgIpc) is 3.23. The Balaban J connectivity index is 1.39. The maximum absolute atomic E-state index is 12.8. The molecule has 0 spiro atoms. The molecule has 2 aromatic carbocycles. The van der Waals surface area contributed by atoms with Crippen LogP contribution in [0.3, 0.4) is 0 Å². The normalized spacial score (nSPS) is 14.8. The van der Waals surface area contributed by atoms with E-state index in [2.05, 4.69) is 41.4 Å². The van der Waals surface area contributed by atoms with Crippen LogP contribution in [0.4, 0.5) is 11.7 Å². The number of amides is 1. The molecule has 1 saturated carbocycles. The topological polar surface area (TPSA) is 61.6 Å². The molecule has 1 heterocycles. The van der Waals surface area contributed by atoms with E-state index in [1.54, 1.807) is 0 Å². The summed E-state index contributed by atoms with van der Waals surface area (Å²) in [6, 6.07) is 14.3. The lowest BCUT2D eigenvalue weighted by molar-refractivity contribution is 0.102. The molecule has 1 amide bonds. The predicted octanol–water partition coefficient (Wildman–Crippen LogP) is 5.52. The zero-order chi connectivity index (χ0) is 22.5. The Kier molecular flexibility index (Phi) is 7.10. The number of benzene rings is 2. The highest BCUT2D eigenvalue weighted by Crippen LogP contribution is 2.32. The van der Waals surface area contributed by atoms with Gasteiger partial charge in [-0.05, 0) is 81.7 Å². The van der Waals surface area contributed by atoms with Crippen molar-refractivity contribution in [1.29, 1.82) is 0 Å². The third-order valence-corrected chi connectivity index (χ3v) is 6.31. The van der Waals surface area contributed by atoms with Gasteiger partial charge in [-0.1, -0.05) is 31.4 Å². The second-order valence-corrected chi connectivity index (χ2v) is 9.17. The highest BCUT2D eigenvalue weighted by molar-refractivity contribution is 6.05. The molecule has 3 aromatic rings. The van der Waals surface area contributed by atoms with Crippen LogP contribution in [0, 0.1) is 0 Å². The van der Waals surface area contributed by atoms with Crippen LogP contribution in [0.1, 0.15) is 60.4 Å². The van der Waals surface area contributed by atoms with Gasteiger partial charge >= 0.3 is 0 Å². The van der Waals surface area contributed by atoms with E-state index in [0.717, 1.165) is 25.0 Å². The fourth-order valence-corrected chi connectivity index (χ4v) is 4.42. The molecule has 1 fully saturated rings. The van der Waals surface area contributed by atoms with Crippen LogP contribution in [0.2, 0.25) is 0 Å². The fourth-order valence-electron chi connectivity index (χ4n) is 4.42. The molecule has 170 valence electrons. The fraction of sp³-hybridized carbons (Fsp3) is 0.462. The second-order valence-electron chi connectivity index (χ2n) is 9.17. The number of carbonyl (C=O) groups is 1. The minimum Gasteiger partial charge on any atom is -0.423 e. The number of hydrogen-bond donors (Lipinski definition) is 1. The van der Waals surface area contributed by atoms with E-state index in [4.69, 9.17) is 4.42 Å². The highest BCUT2D eigenvalue weighted by atomic mass is 16.4. The first-order chi connectivity index (χ1) is 15.5. The summed E-state index contributed by atoms with van der Waals surface area (Å²) in [6.07, 6.45) is 7.52. The molecule has 0 radical (unpaired) electrons. The Labute approximate surface area is 190 Å². The van der Waals surface area contributed by atoms with Crippen molar-refractivity contribution in [2.24, 2.45) is 0 Å². The number of oxazole rings is 1. The van der Waals surface area contributed by atoms with E-state index in [1.807, 2.05) is 42.3 Å². The highest BCUT2D eigenvalue weighted by Gasteiger charge is 2.16. The van der Waals surface area contributed by atoms with Gasteiger partial charge in [-0.25, -0.2) is 0 Å². The predicted molar refractivity (Wildman–Crippen MR) is 131 cm³/mol. The minimum atomic E-state index is -0.107. The molecule has 0 unspecified atom stereocenters. The Morgan fingerprint density at radius 1 is 1.03 bits per heavy atom. The standard InChI is InChI=1S/C26H34N4O2/c1-29(2)16-7-17-30(3)26-28-23-18-22(14-15-24(23)32-26)27-25(31)21-12-10-20(11-13-21)19-8-5-4-6-9-19/h10-15,18-19H,4-9,16-17H2,1-3H3,(H,27,31). The molecule has 1 aliphatic carbocycles. The van der Waals surface area contributed by atoms with Gasteiger partial charge in [-0.2, -0.15) is 4.98 Å². The molecule has 0 atom stereocenters. The number of hydrogen-bond acceptors (Lipinski definition) is 5. The first-order valence-corrected chi connectivity index (χ1v) is 11.7. The molecule has 32 heavy (non-hydrogen) atoms. The van der Waals surface area contributed by atoms with Gasteiger partial charge in [0.05, 0.1) is 0 Å². The summed E-state index contributed by atoms with van der Waals surface area (Å²) in [7, 11) is 6.13. The molecular weight excluding hydrogens is 400 g/mol. The Morgan fingerprint density at radius 3 is 2.50 bits per heavy atom. The van der Waals surface area contributed by atoms with Crippen LogP contribution < -0.4 is 10.2 Å². The molecule has 1 aliphatic rings. The van der Waals surface area contributed by atoms with Crippen molar-refractivity contribution in [3.63, 3.8) is 0 Å². The molecule has 0 saturated heterocycles. The SMILES string of the molecule is CN(C)CCCN(C)c1nc2cc(NC(=O)c3ccc(C4CCCCC4)cc3)ccc2o1. The smallest absolute Gasteiger partial charge is 0.298 e. The zero-order valence-corrected chi connectivity index (χ0v) is 19.4. The van der Waals surface area contributed by atoms with E-state index in [-0.39, 0.29) is 5.91 Å². The largest absolute Gasteiger partial charge is 0.423 e. The number of aromatic nitrogens is 1. The van der Waals surface area contributed by atoms with Crippen molar-refractivity contribution in [2.45, 2.75) is 44.4 Å². The van der Waals surface area contributed by atoms with Crippen molar-refractivity contribution >= 4 is 28.7 Å². The third kappa shape index (κ3) is 5.49. The molecule has 0 aliphatic heterocycles. The molecule has 4 rings (SSSR count). The molecular formula is C26H34N4O2. The average molecular weight is 435 g/mol. The van der Waals surface area contributed by atoms with Gasteiger partial charge in [0.1, 0.15) is 5.52 Å². The van der Waals surface area contributed by atoms with Gasteiger partial charge in [0, 0.05) is 24.8 Å². The molecule has 0 bridgehead atoms. The first-order valence-electron chi connectivity index (χ1n) is 11.7. The lowest BCUT2D eigenvalue weighted by Crippen LogP contribution is -2.23. The summed E-state index contributed by atoms with van der Waals surface area (Å²) in [6.45, 7) is 1.88. The summed E-state index contributed by atoms with van der Waals surface area (Å²) in [5.74, 6) is 0.537. The molecule has 6 nitrogen and oxygen atoms in total. The molecule has 6 heteroatoms. The summed E-state index contributed by atoms with van der Waals surface area (Å²) in [5.41, 5.74) is 4.20. The van der Waals surface area contributed by atoms with Gasteiger partial charge in [0.25, 0.3) is 11.9 Å². The number of nitrogens with zero attached hydrogens (tertiary/aromatic N) is 3. The monoisotopic (exact) mass is 434 g/mol. The van der Waals surface area contributed by atoms with Crippen molar-refractivity contribution in [1.82, 2.24) is 9.88 Å². The Bertz CT molecular complexity index is 1040. The number of fused-ring (bicyclic) bond motifs is 1. The molecule has 1 N–H and O–H groups in total. The van der Waals surface area contributed by atoms with Gasteiger partial charge in [-0.15, -0.1) is 0 Å². The van der Waals surface area contributed by atoms with Gasteiger partial charge in [0.2, 0.25) is 0 Å². The van der Waals surface area contributed by atoms with Crippen molar-refractivity contribution in [2.75, 3.05) is 44.4 Å². The molecule has 1 aromatic heterocycles. The Hall–Kier alpha value is -2.86. The van der Waals surface area contributed by atoms with Crippen molar-refractivity contribution < 1.29 is 9.21 Å². The van der Waals surface area contributed by atoms with Crippen LogP contribution in [-0.2, 0) is 0 Å². The van der Waals surface area contributed by atoms with Gasteiger partial charge in [-0.3, -0.25) is 4.79 Å². The first kappa shape index (κ1) is 22.3. The summed E-state index contributed by atoms with van der Waals surface area (Å²) in [5, 5.41) is 2.99. The van der Waals surface area contributed by atoms with Crippen LogP contribution in [0.25, 0.3) is 11.1 Å². The van der Waals surface area contributed by atoms with Crippen LogP contribution in [0.5, 0.6) is 0 Å². The number of carbonyl (C=O) groups excluding carboxylic acids is 1. The Morgan fingerprint density at radius 2 is 1.78 bits per heavy atom. The summed E-state index contributed by atoms with van der Waals surface area (Å²) >= 11 is 0. The van der Waals surface area contributed by atoms with Crippen molar-refractivity contribution in [3.8, 4) is 0 Å². The van der Waals surface area contributed by atoms with Crippen LogP contribution in [0.15, 0.2) is 46.9 Å². The lowest BCUT2D eigenvalue weighted by Gasteiger charge is -2.22. The van der Waals surface area contributed by atoms with Crippen LogP contribution in [-0.4, -0.2) is 50.0 Å². The van der Waals surface area contributed by atoms with Crippen molar-refractivity contribution in [3.05, 3.63) is 53.6 Å². The van der Waals surface area contributed by atoms with Gasteiger partial charge in [0.15, 0.2) is 5.58 Å². The summed E-state index contributed by atoms with van der Waals surface area (Å²) in [4.78, 5) is 21.6. The third-order valence-electron chi connectivity index (χ3n) is 6.31. The minimum absolute atomic E-state index is 0.107. The second kappa shape index (κ2) is 10.2. The van der Waals surface area contributed by atoms with E-state index < -0.39 is 0 Å². The quantitative estimate of drug-likeness (QED) is 0.506. The van der Waals surface area contributed by atoms with Crippen LogP contribution >= 0.6 is 0 Å². The van der Waals surface area contributed by atoms with E-state index in [1.165, 1.54) is 37.7 Å². The summed E-state index contributed by atoms with van der Waals surface area (Å²) < 4.78 is 5.89. The number of nitrogens with one attached hydrogen (secondary N) is 1. The maximum Gasteiger partial charge on any atom is 0.298 e. The lowest BCUT2D eigenvalue weighted by atomic mass is 9.84. The number of rotatable bonds is 8. The van der Waals surface area contributed by atoms with E-state index in [9.17, 15) is 4.79 Å². The maximum atomic E-state index is 12.8. The van der Waals surface area contributed by atoms with E-state index >= 15 is 0 Å².